The van der Waals surface area contributed by atoms with Crippen molar-refractivity contribution < 1.29 is 4.57 Å². The third-order valence-corrected chi connectivity index (χ3v) is 8.33. The van der Waals surface area contributed by atoms with Gasteiger partial charge in [0.05, 0.1) is 13.2 Å². The maximum absolute atomic E-state index is 2.45. The summed E-state index contributed by atoms with van der Waals surface area (Å²) in [5.74, 6) is 1.15. The number of hydrogen-bond acceptors (Lipinski definition) is 0. The first-order valence-electron chi connectivity index (χ1n) is 13.5. The molecular weight excluding hydrogens is 472 g/mol. The van der Waals surface area contributed by atoms with Crippen LogP contribution in [0.1, 0.15) is 5.56 Å². The molecule has 0 amide bonds. The zero-order chi connectivity index (χ0) is 26.1. The first-order valence-corrected chi connectivity index (χ1v) is 13.5. The predicted octanol–water partition coefficient (Wildman–Crippen LogP) is 8.90. The third-order valence-electron chi connectivity index (χ3n) is 8.33. The van der Waals surface area contributed by atoms with Crippen molar-refractivity contribution >= 4 is 21.8 Å². The van der Waals surface area contributed by atoms with E-state index in [4.69, 9.17) is 0 Å². The number of benzene rings is 5. The average Bonchev–Trinajstić information content (AvgIpc) is 3.32. The smallest absolute Gasteiger partial charge is 0.237 e. The largest absolute Gasteiger partial charge is 0.286 e. The Morgan fingerprint density at radius 3 is 1.72 bits per heavy atom. The van der Waals surface area contributed by atoms with Crippen molar-refractivity contribution in [1.29, 1.82) is 0 Å². The highest BCUT2D eigenvalue weighted by Crippen LogP contribution is 2.51. The van der Waals surface area contributed by atoms with Crippen LogP contribution in [0.3, 0.4) is 0 Å². The van der Waals surface area contributed by atoms with Crippen LogP contribution in [0.5, 0.6) is 0 Å². The lowest BCUT2D eigenvalue weighted by atomic mass is 9.79. The molecule has 2 heterocycles. The van der Waals surface area contributed by atoms with Gasteiger partial charge in [0.1, 0.15) is 11.0 Å². The quantitative estimate of drug-likeness (QED) is 0.199. The van der Waals surface area contributed by atoms with Crippen molar-refractivity contribution in [3.63, 3.8) is 0 Å². The van der Waals surface area contributed by atoms with Crippen LogP contribution in [0.25, 0.3) is 72.1 Å². The fraction of sp³-hybridized carbons (Fsp3) is 0.0541. The number of hydrogen-bond donors (Lipinski definition) is 0. The van der Waals surface area contributed by atoms with Gasteiger partial charge < -0.3 is 0 Å². The van der Waals surface area contributed by atoms with Crippen LogP contribution in [0, 0.1) is 6.92 Å². The summed E-state index contributed by atoms with van der Waals surface area (Å²) in [7, 11) is 2.13. The van der Waals surface area contributed by atoms with Crippen molar-refractivity contribution in [3.8, 4) is 50.3 Å². The molecule has 1 aliphatic carbocycles. The fourth-order valence-corrected chi connectivity index (χ4v) is 6.66. The van der Waals surface area contributed by atoms with E-state index in [0.29, 0.717) is 0 Å². The van der Waals surface area contributed by atoms with E-state index in [1.54, 1.807) is 0 Å². The summed E-state index contributed by atoms with van der Waals surface area (Å²) in [6.45, 7) is 2.23. The Morgan fingerprint density at radius 2 is 1.08 bits per heavy atom. The molecule has 0 spiro atoms. The highest BCUT2D eigenvalue weighted by molar-refractivity contribution is 6.21. The number of rotatable bonds is 1. The second-order valence-corrected chi connectivity index (χ2v) is 10.5. The van der Waals surface area contributed by atoms with E-state index in [0.717, 1.165) is 5.82 Å². The van der Waals surface area contributed by atoms with Gasteiger partial charge in [-0.1, -0.05) is 91.0 Å². The minimum absolute atomic E-state index is 1.15. The molecule has 7 aromatic rings. The molecule has 0 saturated heterocycles. The molecule has 2 heteroatoms. The van der Waals surface area contributed by atoms with Gasteiger partial charge in [-0.05, 0) is 75.7 Å². The minimum atomic E-state index is 1.15. The number of fused-ring (bicyclic) bond motifs is 12. The lowest BCUT2D eigenvalue weighted by molar-refractivity contribution is -0.665. The van der Waals surface area contributed by atoms with Gasteiger partial charge >= 0.3 is 0 Å². The Bertz CT molecular complexity index is 2090. The van der Waals surface area contributed by atoms with E-state index in [1.807, 2.05) is 0 Å². The first kappa shape index (κ1) is 22.1. The van der Waals surface area contributed by atoms with Gasteiger partial charge in [0.15, 0.2) is 0 Å². The number of para-hydroxylation sites is 1. The maximum Gasteiger partial charge on any atom is 0.286 e. The molecule has 0 atom stereocenters. The van der Waals surface area contributed by atoms with Gasteiger partial charge in [-0.15, -0.1) is 0 Å². The highest BCUT2D eigenvalue weighted by Gasteiger charge is 2.29. The lowest BCUT2D eigenvalue weighted by Gasteiger charge is -2.23. The van der Waals surface area contributed by atoms with Crippen molar-refractivity contribution in [2.75, 3.05) is 0 Å². The SMILES string of the molecule is Cc1cccc2c3c4c(ccc3n(-c3cccc[n+]3C)c12)-c1ccccc1-c1ccccc1-c1ccccc1-4. The van der Waals surface area contributed by atoms with E-state index in [9.17, 15) is 0 Å². The fourth-order valence-electron chi connectivity index (χ4n) is 6.66. The number of nitrogens with zero attached hydrogens (tertiary/aromatic N) is 2. The highest BCUT2D eigenvalue weighted by atomic mass is 15.1. The topological polar surface area (TPSA) is 8.81 Å². The molecule has 0 radical (unpaired) electrons. The maximum atomic E-state index is 2.45. The normalized spacial score (nSPS) is 11.8. The Balaban J connectivity index is 1.64. The van der Waals surface area contributed by atoms with Crippen molar-refractivity contribution in [2.24, 2.45) is 7.05 Å². The Labute approximate surface area is 228 Å². The molecule has 0 unspecified atom stereocenters. The van der Waals surface area contributed by atoms with Gasteiger partial charge in [0.2, 0.25) is 0 Å². The van der Waals surface area contributed by atoms with Crippen LogP contribution >= 0.6 is 0 Å². The van der Waals surface area contributed by atoms with Crippen LogP contribution in [0.4, 0.5) is 0 Å². The molecule has 0 aliphatic heterocycles. The van der Waals surface area contributed by atoms with Crippen molar-refractivity contribution in [2.45, 2.75) is 6.92 Å². The van der Waals surface area contributed by atoms with Gasteiger partial charge in [0, 0.05) is 22.4 Å². The monoisotopic (exact) mass is 499 g/mol. The zero-order valence-corrected chi connectivity index (χ0v) is 22.0. The molecule has 184 valence electrons. The second-order valence-electron chi connectivity index (χ2n) is 10.5. The van der Waals surface area contributed by atoms with Crippen LogP contribution in [-0.2, 0) is 7.05 Å². The molecule has 1 aliphatic rings. The van der Waals surface area contributed by atoms with Crippen LogP contribution in [-0.4, -0.2) is 4.57 Å². The average molecular weight is 500 g/mol. The summed E-state index contributed by atoms with van der Waals surface area (Å²) in [6.07, 6.45) is 2.13. The number of aryl methyl sites for hydroxylation is 2. The van der Waals surface area contributed by atoms with E-state index in [1.165, 1.54) is 71.9 Å². The molecule has 2 nitrogen and oxygen atoms in total. The van der Waals surface area contributed by atoms with E-state index < -0.39 is 0 Å². The third kappa shape index (κ3) is 3.06. The van der Waals surface area contributed by atoms with Crippen molar-refractivity contribution in [1.82, 2.24) is 4.57 Å². The van der Waals surface area contributed by atoms with Gasteiger partial charge in [-0.3, -0.25) is 0 Å². The van der Waals surface area contributed by atoms with E-state index in [2.05, 4.69) is 151 Å². The van der Waals surface area contributed by atoms with Gasteiger partial charge in [-0.2, -0.15) is 4.57 Å². The zero-order valence-electron chi connectivity index (χ0n) is 22.0. The van der Waals surface area contributed by atoms with Crippen LogP contribution < -0.4 is 4.57 Å². The number of pyridine rings is 1. The molecule has 2 aromatic heterocycles. The van der Waals surface area contributed by atoms with Crippen molar-refractivity contribution in [3.05, 3.63) is 133 Å². The summed E-state index contributed by atoms with van der Waals surface area (Å²) in [6, 6.07) is 44.5. The number of aromatic nitrogens is 2. The van der Waals surface area contributed by atoms with Gasteiger partial charge in [-0.25, -0.2) is 4.57 Å². The second kappa shape index (κ2) is 8.28. The lowest BCUT2D eigenvalue weighted by Crippen LogP contribution is -2.33. The summed E-state index contributed by atoms with van der Waals surface area (Å²) in [4.78, 5) is 0. The Kier molecular flexibility index (Phi) is 4.68. The Hall–Kier alpha value is -4.95. The standard InChI is InChI=1S/C37H27N2/c1-24-12-11-19-32-36-33(39(37(24)32)34-20-9-10-23-38(34)2)22-21-31-29-17-6-5-15-27(29)25-13-3-4-14-26(25)28-16-7-8-18-30(28)35(31)36/h3-23H,1-2H3/q+1. The Morgan fingerprint density at radius 1 is 0.513 bits per heavy atom. The summed E-state index contributed by atoms with van der Waals surface area (Å²) >= 11 is 0. The molecule has 0 fully saturated rings. The molecule has 5 aromatic carbocycles. The first-order chi connectivity index (χ1) is 19.2. The summed E-state index contributed by atoms with van der Waals surface area (Å²) in [5, 5.41) is 2.59. The molecule has 0 saturated carbocycles. The molecule has 0 N–H and O–H groups in total. The predicted molar refractivity (Wildman–Crippen MR) is 162 cm³/mol. The molecular formula is C37H27N2+. The van der Waals surface area contributed by atoms with Gasteiger partial charge in [0.25, 0.3) is 5.82 Å². The summed E-state index contributed by atoms with van der Waals surface area (Å²) < 4.78 is 4.66. The molecule has 8 rings (SSSR count). The minimum Gasteiger partial charge on any atom is -0.237 e. The van der Waals surface area contributed by atoms with E-state index in [-0.39, 0.29) is 0 Å². The summed E-state index contributed by atoms with van der Waals surface area (Å²) in [5.41, 5.74) is 14.0. The molecule has 0 bridgehead atoms. The van der Waals surface area contributed by atoms with Crippen LogP contribution in [0.2, 0.25) is 0 Å². The molecule has 39 heavy (non-hydrogen) atoms. The van der Waals surface area contributed by atoms with E-state index >= 15 is 0 Å². The van der Waals surface area contributed by atoms with Crippen LogP contribution in [0.15, 0.2) is 128 Å².